The van der Waals surface area contributed by atoms with Gasteiger partial charge in [-0.2, -0.15) is 0 Å². The predicted octanol–water partition coefficient (Wildman–Crippen LogP) is 3.99. The zero-order valence-corrected chi connectivity index (χ0v) is 16.6. The second-order valence-corrected chi connectivity index (χ2v) is 9.17. The predicted molar refractivity (Wildman–Crippen MR) is 105 cm³/mol. The molecular formula is C19H23ClN2O3S. The molecule has 2 aromatic rings. The van der Waals surface area contributed by atoms with Crippen molar-refractivity contribution >= 4 is 33.2 Å². The summed E-state index contributed by atoms with van der Waals surface area (Å²) >= 11 is 5.81. The fourth-order valence-electron chi connectivity index (χ4n) is 2.31. The van der Waals surface area contributed by atoms with Crippen molar-refractivity contribution in [1.29, 1.82) is 0 Å². The molecule has 5 nitrogen and oxygen atoms in total. The minimum atomic E-state index is -3.55. The summed E-state index contributed by atoms with van der Waals surface area (Å²) in [5.74, 6) is -0.113. The monoisotopic (exact) mass is 394 g/mol. The Morgan fingerprint density at radius 3 is 2.12 bits per heavy atom. The Morgan fingerprint density at radius 2 is 1.58 bits per heavy atom. The van der Waals surface area contributed by atoms with Crippen LogP contribution in [0, 0.1) is 0 Å². The number of carbonyl (C=O) groups excluding carboxylic acids is 1. The van der Waals surface area contributed by atoms with E-state index in [9.17, 15) is 13.2 Å². The van der Waals surface area contributed by atoms with Gasteiger partial charge in [0.1, 0.15) is 0 Å². The zero-order chi connectivity index (χ0) is 19.4. The van der Waals surface area contributed by atoms with Crippen molar-refractivity contribution in [2.45, 2.75) is 44.0 Å². The van der Waals surface area contributed by atoms with Gasteiger partial charge in [0.05, 0.1) is 4.90 Å². The fraction of sp³-hybridized carbons (Fsp3) is 0.316. The molecule has 2 N–H and O–H groups in total. The molecule has 0 aromatic heterocycles. The molecule has 0 atom stereocenters. The van der Waals surface area contributed by atoms with E-state index in [-0.39, 0.29) is 10.8 Å². The fourth-order valence-corrected chi connectivity index (χ4v) is 3.86. The smallest absolute Gasteiger partial charge is 0.241 e. The van der Waals surface area contributed by atoms with Gasteiger partial charge in [-0.05, 0) is 69.2 Å². The first kappa shape index (κ1) is 20.4. The van der Waals surface area contributed by atoms with Gasteiger partial charge in [0.25, 0.3) is 0 Å². The molecule has 1 amide bonds. The van der Waals surface area contributed by atoms with E-state index in [1.807, 2.05) is 0 Å². The number of rotatable bonds is 6. The molecule has 0 saturated carbocycles. The van der Waals surface area contributed by atoms with E-state index < -0.39 is 15.6 Å². The lowest BCUT2D eigenvalue weighted by Gasteiger charge is -2.20. The number of sulfonamides is 1. The van der Waals surface area contributed by atoms with Crippen molar-refractivity contribution in [2.24, 2.45) is 0 Å². The highest BCUT2D eigenvalue weighted by molar-refractivity contribution is 7.89. The van der Waals surface area contributed by atoms with Crippen LogP contribution in [0.25, 0.3) is 0 Å². The van der Waals surface area contributed by atoms with Gasteiger partial charge in [0, 0.05) is 22.7 Å². The van der Waals surface area contributed by atoms with Gasteiger partial charge >= 0.3 is 0 Å². The molecule has 26 heavy (non-hydrogen) atoms. The van der Waals surface area contributed by atoms with E-state index in [0.717, 1.165) is 5.56 Å². The first-order chi connectivity index (χ1) is 12.0. The Hall–Kier alpha value is -1.89. The minimum Gasteiger partial charge on any atom is -0.326 e. The molecule has 0 unspecified atom stereocenters. The van der Waals surface area contributed by atoms with Crippen molar-refractivity contribution in [3.8, 4) is 0 Å². The van der Waals surface area contributed by atoms with E-state index in [2.05, 4.69) is 10.0 Å². The molecule has 0 heterocycles. The van der Waals surface area contributed by atoms with Crippen LogP contribution in [0.4, 0.5) is 5.69 Å². The molecule has 0 aliphatic rings. The number of aryl methyl sites for hydroxylation is 1. The highest BCUT2D eigenvalue weighted by Gasteiger charge is 2.21. The van der Waals surface area contributed by atoms with Gasteiger partial charge in [-0.15, -0.1) is 0 Å². The third-order valence-electron chi connectivity index (χ3n) is 3.44. The molecule has 7 heteroatoms. The molecule has 140 valence electrons. The molecule has 2 rings (SSSR count). The summed E-state index contributed by atoms with van der Waals surface area (Å²) in [4.78, 5) is 12.2. The Labute approximate surface area is 159 Å². The van der Waals surface area contributed by atoms with E-state index in [1.54, 1.807) is 69.3 Å². The summed E-state index contributed by atoms with van der Waals surface area (Å²) in [6.07, 6.45) is 0.821. The summed E-state index contributed by atoms with van der Waals surface area (Å²) in [6.45, 7) is 5.37. The van der Waals surface area contributed by atoms with Crippen LogP contribution in [0.15, 0.2) is 53.4 Å². The maximum atomic E-state index is 12.3. The number of anilines is 1. The Morgan fingerprint density at radius 1 is 1.00 bits per heavy atom. The number of carbonyl (C=O) groups is 1. The number of amides is 1. The molecule has 0 aliphatic carbocycles. The summed E-state index contributed by atoms with van der Waals surface area (Å²) in [5, 5.41) is 3.41. The molecule has 2 aromatic carbocycles. The van der Waals surface area contributed by atoms with Crippen LogP contribution < -0.4 is 10.0 Å². The lowest BCUT2D eigenvalue weighted by Crippen LogP contribution is -2.40. The molecule has 0 saturated heterocycles. The van der Waals surface area contributed by atoms with Crippen LogP contribution >= 0.6 is 11.6 Å². The third-order valence-corrected chi connectivity index (χ3v) is 5.47. The quantitative estimate of drug-likeness (QED) is 0.777. The average Bonchev–Trinajstić information content (AvgIpc) is 2.53. The molecule has 0 fully saturated rings. The molecule has 0 aliphatic heterocycles. The standard InChI is InChI=1S/C19H23ClN2O3S/c1-19(2,3)22-26(24,25)17-11-4-14(5-12-17)6-13-18(23)21-16-9-7-15(20)8-10-16/h4-5,7-12,22H,6,13H2,1-3H3,(H,21,23). The Bertz CT molecular complexity index is 855. The SMILES string of the molecule is CC(C)(C)NS(=O)(=O)c1ccc(CCC(=O)Nc2ccc(Cl)cc2)cc1. The van der Waals surface area contributed by atoms with Gasteiger partial charge < -0.3 is 5.32 Å². The van der Waals surface area contributed by atoms with Crippen molar-refractivity contribution in [3.05, 3.63) is 59.1 Å². The first-order valence-corrected chi connectivity index (χ1v) is 10.1. The third kappa shape index (κ3) is 6.44. The number of halogens is 1. The van der Waals surface area contributed by atoms with Crippen molar-refractivity contribution in [3.63, 3.8) is 0 Å². The van der Waals surface area contributed by atoms with Crippen LogP contribution in [0.5, 0.6) is 0 Å². The maximum Gasteiger partial charge on any atom is 0.241 e. The van der Waals surface area contributed by atoms with Crippen molar-refractivity contribution < 1.29 is 13.2 Å². The summed E-state index contributed by atoms with van der Waals surface area (Å²) < 4.78 is 27.1. The molecule has 0 bridgehead atoms. The number of hydrogen-bond acceptors (Lipinski definition) is 3. The molecule has 0 spiro atoms. The second-order valence-electron chi connectivity index (χ2n) is 7.05. The summed E-state index contributed by atoms with van der Waals surface area (Å²) in [5.41, 5.74) is 1.04. The van der Waals surface area contributed by atoms with Crippen molar-refractivity contribution in [1.82, 2.24) is 4.72 Å². The van der Waals surface area contributed by atoms with Crippen LogP contribution in [0.1, 0.15) is 32.8 Å². The van der Waals surface area contributed by atoms with Crippen molar-refractivity contribution in [2.75, 3.05) is 5.32 Å². The normalized spacial score (nSPS) is 12.0. The van der Waals surface area contributed by atoms with Gasteiger partial charge in [-0.3, -0.25) is 4.79 Å². The van der Waals surface area contributed by atoms with E-state index >= 15 is 0 Å². The van der Waals surface area contributed by atoms with Gasteiger partial charge in [-0.25, -0.2) is 13.1 Å². The van der Waals surface area contributed by atoms with Gasteiger partial charge in [0.2, 0.25) is 15.9 Å². The average molecular weight is 395 g/mol. The lowest BCUT2D eigenvalue weighted by atomic mass is 10.1. The Balaban J connectivity index is 1.92. The first-order valence-electron chi connectivity index (χ1n) is 8.23. The van der Waals surface area contributed by atoms with Gasteiger partial charge in [-0.1, -0.05) is 23.7 Å². The number of hydrogen-bond donors (Lipinski definition) is 2. The van der Waals surface area contributed by atoms with Crippen LogP contribution in [0.3, 0.4) is 0 Å². The van der Waals surface area contributed by atoms with Crippen LogP contribution in [-0.2, 0) is 21.2 Å². The van der Waals surface area contributed by atoms with Crippen LogP contribution in [0.2, 0.25) is 5.02 Å². The lowest BCUT2D eigenvalue weighted by molar-refractivity contribution is -0.116. The highest BCUT2D eigenvalue weighted by atomic mass is 35.5. The summed E-state index contributed by atoms with van der Waals surface area (Å²) in [7, 11) is -3.55. The topological polar surface area (TPSA) is 75.3 Å². The summed E-state index contributed by atoms with van der Waals surface area (Å²) in [6, 6.07) is 13.5. The highest BCUT2D eigenvalue weighted by Crippen LogP contribution is 2.16. The largest absolute Gasteiger partial charge is 0.326 e. The van der Waals surface area contributed by atoms with Gasteiger partial charge in [0.15, 0.2) is 0 Å². The number of benzene rings is 2. The maximum absolute atomic E-state index is 12.3. The van der Waals surface area contributed by atoms with E-state index in [0.29, 0.717) is 23.6 Å². The zero-order valence-electron chi connectivity index (χ0n) is 15.0. The molecule has 0 radical (unpaired) electrons. The van der Waals surface area contributed by atoms with E-state index in [1.165, 1.54) is 0 Å². The second kappa shape index (κ2) is 8.20. The van der Waals surface area contributed by atoms with E-state index in [4.69, 9.17) is 11.6 Å². The Kier molecular flexibility index (Phi) is 6.44. The minimum absolute atomic E-state index is 0.113. The van der Waals surface area contributed by atoms with Crippen LogP contribution in [-0.4, -0.2) is 19.9 Å². The molecular weight excluding hydrogens is 372 g/mol. The number of nitrogens with one attached hydrogen (secondary N) is 2.